The fourth-order valence-corrected chi connectivity index (χ4v) is 3.96. The topological polar surface area (TPSA) is 102 Å². The van der Waals surface area contributed by atoms with Crippen LogP contribution in [0.25, 0.3) is 0 Å². The van der Waals surface area contributed by atoms with Gasteiger partial charge in [-0.1, -0.05) is 0 Å². The third-order valence-electron chi connectivity index (χ3n) is 3.96. The van der Waals surface area contributed by atoms with E-state index < -0.39 is 16.0 Å². The van der Waals surface area contributed by atoms with Crippen LogP contribution < -0.4 is 14.2 Å². The van der Waals surface area contributed by atoms with E-state index in [9.17, 15) is 18.3 Å². The Morgan fingerprint density at radius 1 is 1.07 bits per heavy atom. The molecule has 146 valence electrons. The van der Waals surface area contributed by atoms with E-state index in [0.29, 0.717) is 35.8 Å². The highest BCUT2D eigenvalue weighted by molar-refractivity contribution is 7.92. The SMILES string of the molecule is CCOc1ccc(OCC)c(NS(=O)(=O)c2cc(C(=O)O)cc(C)c2C)c1. The van der Waals surface area contributed by atoms with Crippen molar-refractivity contribution in [1.29, 1.82) is 0 Å². The summed E-state index contributed by atoms with van der Waals surface area (Å²) >= 11 is 0. The number of aromatic carboxylic acids is 1. The molecule has 0 heterocycles. The van der Waals surface area contributed by atoms with Gasteiger partial charge < -0.3 is 14.6 Å². The summed E-state index contributed by atoms with van der Waals surface area (Å²) < 4.78 is 39.4. The van der Waals surface area contributed by atoms with Crippen LogP contribution in [0.1, 0.15) is 35.3 Å². The van der Waals surface area contributed by atoms with Crippen LogP contribution in [0.2, 0.25) is 0 Å². The standard InChI is InChI=1S/C19H23NO6S/c1-5-25-15-7-8-17(26-6-2)16(11-15)20-27(23,24)18-10-14(19(21)22)9-12(3)13(18)4/h7-11,20H,5-6H2,1-4H3,(H,21,22). The van der Waals surface area contributed by atoms with Gasteiger partial charge in [-0.2, -0.15) is 0 Å². The zero-order chi connectivity index (χ0) is 20.2. The van der Waals surface area contributed by atoms with Crippen LogP contribution in [0.15, 0.2) is 35.2 Å². The molecule has 0 saturated carbocycles. The number of carboxylic acids is 1. The number of hydrogen-bond acceptors (Lipinski definition) is 5. The van der Waals surface area contributed by atoms with Gasteiger partial charge >= 0.3 is 5.97 Å². The van der Waals surface area contributed by atoms with Crippen LogP contribution in [-0.2, 0) is 10.0 Å². The molecule has 0 fully saturated rings. The van der Waals surface area contributed by atoms with E-state index >= 15 is 0 Å². The largest absolute Gasteiger partial charge is 0.494 e. The van der Waals surface area contributed by atoms with E-state index in [1.165, 1.54) is 12.1 Å². The molecule has 0 saturated heterocycles. The molecule has 2 rings (SSSR count). The quantitative estimate of drug-likeness (QED) is 0.710. The van der Waals surface area contributed by atoms with Gasteiger partial charge in [-0.3, -0.25) is 4.72 Å². The molecular formula is C19H23NO6S. The average molecular weight is 393 g/mol. The van der Waals surface area contributed by atoms with E-state index in [1.807, 2.05) is 6.92 Å². The lowest BCUT2D eigenvalue weighted by atomic mass is 10.1. The minimum absolute atomic E-state index is 0.0911. The van der Waals surface area contributed by atoms with Crippen molar-refractivity contribution in [3.63, 3.8) is 0 Å². The smallest absolute Gasteiger partial charge is 0.335 e. The third-order valence-corrected chi connectivity index (χ3v) is 5.45. The molecule has 2 aromatic carbocycles. The van der Waals surface area contributed by atoms with Gasteiger partial charge in [-0.15, -0.1) is 0 Å². The molecule has 0 unspecified atom stereocenters. The Morgan fingerprint density at radius 2 is 1.74 bits per heavy atom. The number of carbonyl (C=O) groups is 1. The van der Waals surface area contributed by atoms with Crippen LogP contribution in [0.5, 0.6) is 11.5 Å². The zero-order valence-corrected chi connectivity index (χ0v) is 16.5. The maximum Gasteiger partial charge on any atom is 0.335 e. The van der Waals surface area contributed by atoms with Gasteiger partial charge in [0, 0.05) is 6.07 Å². The van der Waals surface area contributed by atoms with Crippen molar-refractivity contribution in [2.45, 2.75) is 32.6 Å². The van der Waals surface area contributed by atoms with Crippen LogP contribution >= 0.6 is 0 Å². The van der Waals surface area contributed by atoms with Crippen molar-refractivity contribution < 1.29 is 27.8 Å². The fourth-order valence-electron chi connectivity index (χ4n) is 2.56. The molecule has 0 aliphatic carbocycles. The Kier molecular flexibility index (Phi) is 6.32. The average Bonchev–Trinajstić information content (AvgIpc) is 2.59. The highest BCUT2D eigenvalue weighted by Crippen LogP contribution is 2.32. The molecular weight excluding hydrogens is 370 g/mol. The van der Waals surface area contributed by atoms with Crippen molar-refractivity contribution in [3.8, 4) is 11.5 Å². The highest BCUT2D eigenvalue weighted by atomic mass is 32.2. The summed E-state index contributed by atoms with van der Waals surface area (Å²) in [6, 6.07) is 7.44. The lowest BCUT2D eigenvalue weighted by Crippen LogP contribution is -2.17. The number of aryl methyl sites for hydroxylation is 1. The Labute approximate surface area is 159 Å². The number of carboxylic acid groups (broad SMARTS) is 1. The lowest BCUT2D eigenvalue weighted by molar-refractivity contribution is 0.0696. The maximum atomic E-state index is 13.0. The molecule has 0 aliphatic heterocycles. The van der Waals surface area contributed by atoms with Gasteiger partial charge in [0.1, 0.15) is 11.5 Å². The van der Waals surface area contributed by atoms with E-state index in [4.69, 9.17) is 9.47 Å². The zero-order valence-electron chi connectivity index (χ0n) is 15.7. The lowest BCUT2D eigenvalue weighted by Gasteiger charge is -2.16. The predicted molar refractivity (Wildman–Crippen MR) is 102 cm³/mol. The summed E-state index contributed by atoms with van der Waals surface area (Å²) in [5.74, 6) is -0.345. The van der Waals surface area contributed by atoms with Gasteiger partial charge in [-0.05, 0) is 63.1 Å². The molecule has 2 aromatic rings. The van der Waals surface area contributed by atoms with E-state index in [1.54, 1.807) is 32.9 Å². The van der Waals surface area contributed by atoms with Crippen molar-refractivity contribution in [2.24, 2.45) is 0 Å². The molecule has 7 nitrogen and oxygen atoms in total. The van der Waals surface area contributed by atoms with Crippen molar-refractivity contribution in [1.82, 2.24) is 0 Å². The Hall–Kier alpha value is -2.74. The molecule has 0 aromatic heterocycles. The van der Waals surface area contributed by atoms with Crippen LogP contribution in [0.4, 0.5) is 5.69 Å². The number of hydrogen-bond donors (Lipinski definition) is 2. The molecule has 27 heavy (non-hydrogen) atoms. The summed E-state index contributed by atoms with van der Waals surface area (Å²) in [4.78, 5) is 11.2. The Morgan fingerprint density at radius 3 is 2.33 bits per heavy atom. The second-order valence-electron chi connectivity index (χ2n) is 5.85. The first-order valence-electron chi connectivity index (χ1n) is 8.46. The third kappa shape index (κ3) is 4.71. The number of rotatable bonds is 8. The molecule has 8 heteroatoms. The van der Waals surface area contributed by atoms with Gasteiger partial charge in [-0.25, -0.2) is 13.2 Å². The summed E-state index contributed by atoms with van der Waals surface area (Å²) in [6.45, 7) is 7.70. The monoisotopic (exact) mass is 393 g/mol. The Bertz CT molecular complexity index is 953. The number of sulfonamides is 1. The molecule has 0 atom stereocenters. The predicted octanol–water partition coefficient (Wildman–Crippen LogP) is 3.60. The van der Waals surface area contributed by atoms with Crippen molar-refractivity contribution >= 4 is 21.7 Å². The molecule has 0 bridgehead atoms. The first kappa shape index (κ1) is 20.6. The van der Waals surface area contributed by atoms with Crippen molar-refractivity contribution in [2.75, 3.05) is 17.9 Å². The highest BCUT2D eigenvalue weighted by Gasteiger charge is 2.22. The van der Waals surface area contributed by atoms with Gasteiger partial charge in [0.25, 0.3) is 10.0 Å². The minimum Gasteiger partial charge on any atom is -0.494 e. The molecule has 0 radical (unpaired) electrons. The normalized spacial score (nSPS) is 11.1. The van der Waals surface area contributed by atoms with Crippen LogP contribution in [-0.4, -0.2) is 32.7 Å². The van der Waals surface area contributed by atoms with Gasteiger partial charge in [0.2, 0.25) is 0 Å². The minimum atomic E-state index is -4.04. The second kappa shape index (κ2) is 8.30. The fraction of sp³-hybridized carbons (Fsp3) is 0.316. The molecule has 0 aliphatic rings. The number of nitrogens with one attached hydrogen (secondary N) is 1. The molecule has 0 amide bonds. The maximum absolute atomic E-state index is 13.0. The van der Waals surface area contributed by atoms with Crippen LogP contribution in [0.3, 0.4) is 0 Å². The van der Waals surface area contributed by atoms with E-state index in [0.717, 1.165) is 6.07 Å². The molecule has 2 N–H and O–H groups in total. The number of anilines is 1. The molecule has 0 spiro atoms. The summed E-state index contributed by atoms with van der Waals surface area (Å²) in [5, 5.41) is 9.24. The van der Waals surface area contributed by atoms with Gasteiger partial charge in [0.05, 0.1) is 29.4 Å². The summed E-state index contributed by atoms with van der Waals surface area (Å²) in [6.07, 6.45) is 0. The van der Waals surface area contributed by atoms with Crippen molar-refractivity contribution in [3.05, 3.63) is 47.0 Å². The number of ether oxygens (including phenoxy) is 2. The summed E-state index contributed by atoms with van der Waals surface area (Å²) in [7, 11) is -4.04. The van der Waals surface area contributed by atoms with E-state index in [2.05, 4.69) is 4.72 Å². The van der Waals surface area contributed by atoms with Crippen LogP contribution in [0, 0.1) is 13.8 Å². The Balaban J connectivity index is 2.53. The first-order chi connectivity index (χ1) is 12.7. The summed E-state index contributed by atoms with van der Waals surface area (Å²) in [5.41, 5.74) is 1.18. The second-order valence-corrected chi connectivity index (χ2v) is 7.50. The van der Waals surface area contributed by atoms with E-state index in [-0.39, 0.29) is 16.1 Å². The first-order valence-corrected chi connectivity index (χ1v) is 9.95. The number of benzene rings is 2. The van der Waals surface area contributed by atoms with Gasteiger partial charge in [0.15, 0.2) is 0 Å².